The van der Waals surface area contributed by atoms with Crippen LogP contribution in [0.5, 0.6) is 0 Å². The molecule has 0 saturated carbocycles. The number of halogens is 3. The summed E-state index contributed by atoms with van der Waals surface area (Å²) in [4.78, 5) is 26.5. The van der Waals surface area contributed by atoms with Crippen molar-refractivity contribution < 1.29 is 19.4 Å². The SMILES string of the molecule is CC(=O)OC(C)=O.CCC(O)c1ccc(Cl)c2nc3n(c12)CCN3c1c(C)cc(Cl)cc1Cl. The number of carbonyl (C=O) groups is 2. The molecule has 1 aliphatic heterocycles. The second kappa shape index (κ2) is 10.3. The molecule has 0 radical (unpaired) electrons. The highest BCUT2D eigenvalue weighted by Crippen LogP contribution is 2.42. The molecule has 0 spiro atoms. The summed E-state index contributed by atoms with van der Waals surface area (Å²) in [5.41, 5.74) is 4.35. The minimum atomic E-state index is -0.562. The van der Waals surface area contributed by atoms with Crippen LogP contribution in [0, 0.1) is 6.92 Å². The number of imidazole rings is 1. The first-order valence-corrected chi connectivity index (χ1v) is 11.5. The van der Waals surface area contributed by atoms with Gasteiger partial charge in [-0.25, -0.2) is 4.98 Å². The Balaban J connectivity index is 0.000000383. The summed E-state index contributed by atoms with van der Waals surface area (Å²) in [6, 6.07) is 7.33. The molecule has 7 nitrogen and oxygen atoms in total. The lowest BCUT2D eigenvalue weighted by Crippen LogP contribution is -2.16. The monoisotopic (exact) mass is 511 g/mol. The van der Waals surface area contributed by atoms with Crippen molar-refractivity contribution in [1.82, 2.24) is 9.55 Å². The molecule has 1 N–H and O–H groups in total. The van der Waals surface area contributed by atoms with Crippen molar-refractivity contribution in [3.63, 3.8) is 0 Å². The third-order valence-electron chi connectivity index (χ3n) is 5.17. The smallest absolute Gasteiger partial charge is 0.310 e. The molecule has 0 amide bonds. The number of carbonyl (C=O) groups excluding carboxylic acids is 2. The number of aromatic nitrogens is 2. The van der Waals surface area contributed by atoms with Gasteiger partial charge in [0.05, 0.1) is 27.4 Å². The number of benzene rings is 2. The lowest BCUT2D eigenvalue weighted by atomic mass is 10.1. The first-order chi connectivity index (χ1) is 15.5. The van der Waals surface area contributed by atoms with Gasteiger partial charge in [-0.1, -0.05) is 47.8 Å². The minimum Gasteiger partial charge on any atom is -0.394 e. The third kappa shape index (κ3) is 5.27. The fourth-order valence-electron chi connectivity index (χ4n) is 3.88. The van der Waals surface area contributed by atoms with E-state index in [9.17, 15) is 14.7 Å². The Hall–Kier alpha value is -2.32. The zero-order chi connectivity index (χ0) is 24.4. The van der Waals surface area contributed by atoms with Gasteiger partial charge in [0.1, 0.15) is 5.52 Å². The van der Waals surface area contributed by atoms with Crippen molar-refractivity contribution in [2.45, 2.75) is 46.8 Å². The van der Waals surface area contributed by atoms with E-state index in [0.717, 1.165) is 41.4 Å². The standard InChI is InChI=1S/C19H18Cl3N3O.C4H6O3/c1-3-15(26)12-4-5-13(21)16-18(12)25-7-6-24(19(25)23-16)17-10(2)8-11(20)9-14(17)22;1-3(5)7-4(2)6/h4-5,8-9,15,26H,3,6-7H2,1-2H3;1-2H3. The topological polar surface area (TPSA) is 84.7 Å². The summed E-state index contributed by atoms with van der Waals surface area (Å²) >= 11 is 19.0. The molecule has 0 fully saturated rings. The molecule has 0 saturated heterocycles. The van der Waals surface area contributed by atoms with Crippen LogP contribution in [-0.2, 0) is 20.9 Å². The van der Waals surface area contributed by atoms with E-state index in [2.05, 4.69) is 14.2 Å². The van der Waals surface area contributed by atoms with Gasteiger partial charge < -0.3 is 19.3 Å². The Bertz CT molecular complexity index is 1190. The van der Waals surface area contributed by atoms with Crippen molar-refractivity contribution >= 4 is 69.4 Å². The van der Waals surface area contributed by atoms with Gasteiger partial charge in [0.15, 0.2) is 0 Å². The zero-order valence-electron chi connectivity index (χ0n) is 18.7. The summed E-state index contributed by atoms with van der Waals surface area (Å²) < 4.78 is 6.08. The van der Waals surface area contributed by atoms with Gasteiger partial charge >= 0.3 is 11.9 Å². The van der Waals surface area contributed by atoms with Crippen molar-refractivity contribution in [3.8, 4) is 0 Å². The van der Waals surface area contributed by atoms with Crippen molar-refractivity contribution in [3.05, 3.63) is 50.5 Å². The molecule has 10 heteroatoms. The summed E-state index contributed by atoms with van der Waals surface area (Å²) in [6.45, 7) is 7.79. The van der Waals surface area contributed by atoms with Gasteiger partial charge in [-0.2, -0.15) is 0 Å². The first-order valence-electron chi connectivity index (χ1n) is 10.3. The number of esters is 2. The number of hydrogen-bond donors (Lipinski definition) is 1. The average molecular weight is 513 g/mol. The summed E-state index contributed by atoms with van der Waals surface area (Å²) in [5, 5.41) is 12.2. The van der Waals surface area contributed by atoms with Crippen LogP contribution in [0.4, 0.5) is 11.6 Å². The predicted molar refractivity (Wildman–Crippen MR) is 131 cm³/mol. The summed E-state index contributed by atoms with van der Waals surface area (Å²) in [7, 11) is 0. The lowest BCUT2D eigenvalue weighted by molar-refractivity contribution is -0.156. The fraction of sp³-hybridized carbons (Fsp3) is 0.348. The zero-order valence-corrected chi connectivity index (χ0v) is 20.9. The molecule has 1 aromatic heterocycles. The molecule has 4 rings (SSSR count). The highest BCUT2D eigenvalue weighted by atomic mass is 35.5. The van der Waals surface area contributed by atoms with Crippen LogP contribution >= 0.6 is 34.8 Å². The Morgan fingerprint density at radius 1 is 1.12 bits per heavy atom. The molecule has 2 heterocycles. The molecular formula is C23H24Cl3N3O4. The van der Waals surface area contributed by atoms with E-state index in [0.29, 0.717) is 27.0 Å². The predicted octanol–water partition coefficient (Wildman–Crippen LogP) is 6.00. The van der Waals surface area contributed by atoms with Gasteiger partial charge in [0.2, 0.25) is 5.95 Å². The maximum absolute atomic E-state index is 10.4. The molecular weight excluding hydrogens is 489 g/mol. The number of anilines is 2. The maximum atomic E-state index is 10.4. The second-order valence-corrected chi connectivity index (χ2v) is 8.86. The van der Waals surface area contributed by atoms with E-state index in [1.54, 1.807) is 12.1 Å². The number of ether oxygens (including phenoxy) is 1. The Morgan fingerprint density at radius 2 is 1.79 bits per heavy atom. The second-order valence-electron chi connectivity index (χ2n) is 7.61. The van der Waals surface area contributed by atoms with Crippen LogP contribution in [0.3, 0.4) is 0 Å². The molecule has 176 valence electrons. The van der Waals surface area contributed by atoms with E-state index in [1.807, 2.05) is 26.0 Å². The van der Waals surface area contributed by atoms with E-state index in [1.165, 1.54) is 13.8 Å². The normalized spacial score (nSPS) is 13.4. The fourth-order valence-corrected chi connectivity index (χ4v) is 4.77. The van der Waals surface area contributed by atoms with Gasteiger partial charge in [-0.3, -0.25) is 9.59 Å². The minimum absolute atomic E-state index is 0.550. The number of nitrogens with zero attached hydrogens (tertiary/aromatic N) is 3. The highest BCUT2D eigenvalue weighted by molar-refractivity contribution is 6.37. The molecule has 0 bridgehead atoms. The van der Waals surface area contributed by atoms with Crippen molar-refractivity contribution in [2.75, 3.05) is 11.4 Å². The summed E-state index contributed by atoms with van der Waals surface area (Å²) in [6.07, 6.45) is 0.0776. The molecule has 0 aliphatic carbocycles. The van der Waals surface area contributed by atoms with Crippen LogP contribution in [0.15, 0.2) is 24.3 Å². The van der Waals surface area contributed by atoms with Gasteiger partial charge in [-0.05, 0) is 37.1 Å². The molecule has 1 aliphatic rings. The van der Waals surface area contributed by atoms with Crippen LogP contribution in [0.2, 0.25) is 15.1 Å². The molecule has 3 aromatic rings. The van der Waals surface area contributed by atoms with E-state index >= 15 is 0 Å². The van der Waals surface area contributed by atoms with Gasteiger partial charge in [-0.15, -0.1) is 0 Å². The van der Waals surface area contributed by atoms with Crippen LogP contribution < -0.4 is 4.90 Å². The molecule has 2 aromatic carbocycles. The van der Waals surface area contributed by atoms with Crippen LogP contribution in [0.1, 0.15) is 44.4 Å². The van der Waals surface area contributed by atoms with Crippen LogP contribution in [-0.4, -0.2) is 33.1 Å². The average Bonchev–Trinajstić information content (AvgIpc) is 3.27. The molecule has 33 heavy (non-hydrogen) atoms. The number of hydrogen-bond acceptors (Lipinski definition) is 6. The van der Waals surface area contributed by atoms with E-state index in [4.69, 9.17) is 39.8 Å². The number of aliphatic hydroxyl groups is 1. The Kier molecular flexibility index (Phi) is 7.90. The quantitative estimate of drug-likeness (QED) is 0.342. The van der Waals surface area contributed by atoms with Gasteiger partial charge in [0.25, 0.3) is 0 Å². The van der Waals surface area contributed by atoms with Crippen molar-refractivity contribution in [2.24, 2.45) is 0 Å². The Labute approximate surface area is 206 Å². The lowest BCUT2D eigenvalue weighted by Gasteiger charge is -2.20. The van der Waals surface area contributed by atoms with Gasteiger partial charge in [0, 0.05) is 37.5 Å². The summed E-state index contributed by atoms with van der Waals surface area (Å²) in [5.74, 6) is -0.343. The number of rotatable bonds is 3. The molecule has 1 unspecified atom stereocenters. The first kappa shape index (κ1) is 25.3. The largest absolute Gasteiger partial charge is 0.394 e. The Morgan fingerprint density at radius 3 is 2.33 bits per heavy atom. The highest BCUT2D eigenvalue weighted by Gasteiger charge is 2.30. The number of fused-ring (bicyclic) bond motifs is 3. The number of aryl methyl sites for hydroxylation is 1. The third-order valence-corrected chi connectivity index (χ3v) is 5.98. The maximum Gasteiger partial charge on any atom is 0.310 e. The van der Waals surface area contributed by atoms with Crippen molar-refractivity contribution in [1.29, 1.82) is 0 Å². The number of aliphatic hydroxyl groups excluding tert-OH is 1. The molecule has 1 atom stereocenters. The van der Waals surface area contributed by atoms with E-state index < -0.39 is 18.0 Å². The van der Waals surface area contributed by atoms with Crippen LogP contribution in [0.25, 0.3) is 11.0 Å². The van der Waals surface area contributed by atoms with E-state index in [-0.39, 0.29) is 0 Å².